The van der Waals surface area contributed by atoms with Crippen molar-refractivity contribution in [2.24, 2.45) is 11.8 Å². The van der Waals surface area contributed by atoms with E-state index in [-0.39, 0.29) is 6.61 Å². The summed E-state index contributed by atoms with van der Waals surface area (Å²) in [6.07, 6.45) is 2.37. The van der Waals surface area contributed by atoms with Gasteiger partial charge < -0.3 is 10.0 Å². The summed E-state index contributed by atoms with van der Waals surface area (Å²) >= 11 is 1.68. The Morgan fingerprint density at radius 2 is 2.10 bits per heavy atom. The van der Waals surface area contributed by atoms with Crippen LogP contribution < -0.4 is 4.90 Å². The number of hydrogen-bond donors (Lipinski definition) is 1. The number of hydrogen-bond acceptors (Lipinski definition) is 4. The topological polar surface area (TPSA) is 36.4 Å². The van der Waals surface area contributed by atoms with E-state index in [0.29, 0.717) is 17.9 Å². The summed E-state index contributed by atoms with van der Waals surface area (Å²) in [6.45, 7) is 12.5. The van der Waals surface area contributed by atoms with Crippen LogP contribution in [0.5, 0.6) is 0 Å². The Bertz CT molecular complexity index is 446. The van der Waals surface area contributed by atoms with E-state index < -0.39 is 0 Å². The third-order valence-corrected chi connectivity index (χ3v) is 5.88. The normalized spacial score (nSPS) is 28.7. The number of anilines is 1. The molecule has 4 atom stereocenters. The number of nitrogens with zero attached hydrogens (tertiary/aromatic N) is 2. The van der Waals surface area contributed by atoms with Crippen molar-refractivity contribution >= 4 is 16.5 Å². The van der Waals surface area contributed by atoms with Crippen molar-refractivity contribution in [3.05, 3.63) is 10.6 Å². The molecule has 4 heteroatoms. The largest absolute Gasteiger partial charge is 0.391 e. The molecule has 3 nitrogen and oxygen atoms in total. The van der Waals surface area contributed by atoms with Gasteiger partial charge in [0.1, 0.15) is 0 Å². The van der Waals surface area contributed by atoms with Crippen LogP contribution in [0.2, 0.25) is 0 Å². The van der Waals surface area contributed by atoms with Crippen LogP contribution in [0.3, 0.4) is 0 Å². The van der Waals surface area contributed by atoms with Gasteiger partial charge in [-0.15, -0.1) is 0 Å². The predicted octanol–water partition coefficient (Wildman–Crippen LogP) is 4.02. The number of rotatable bonds is 4. The van der Waals surface area contributed by atoms with Gasteiger partial charge in [0, 0.05) is 12.6 Å². The molecule has 1 aliphatic heterocycles. The lowest BCUT2D eigenvalue weighted by molar-refractivity contribution is 0.283. The van der Waals surface area contributed by atoms with Crippen LogP contribution in [0, 0.1) is 11.8 Å². The molecule has 2 heterocycles. The Morgan fingerprint density at radius 3 is 2.70 bits per heavy atom. The molecule has 114 valence electrons. The second-order valence-corrected chi connectivity index (χ2v) is 7.55. The summed E-state index contributed by atoms with van der Waals surface area (Å²) in [7, 11) is 0. The van der Waals surface area contributed by atoms with Gasteiger partial charge in [-0.3, -0.25) is 0 Å². The average molecular weight is 296 g/mol. The summed E-state index contributed by atoms with van der Waals surface area (Å²) in [4.78, 5) is 8.38. The summed E-state index contributed by atoms with van der Waals surface area (Å²) in [5.41, 5.74) is 1.10. The Balaban J connectivity index is 2.30. The van der Waals surface area contributed by atoms with Gasteiger partial charge in [-0.1, -0.05) is 39.0 Å². The first kappa shape index (κ1) is 15.8. The van der Waals surface area contributed by atoms with Crippen LogP contribution in [0.4, 0.5) is 5.13 Å². The number of thiazole rings is 1. The van der Waals surface area contributed by atoms with Crippen LogP contribution in [0.25, 0.3) is 0 Å². The van der Waals surface area contributed by atoms with Crippen LogP contribution >= 0.6 is 11.3 Å². The number of piperidine rings is 1. The lowest BCUT2D eigenvalue weighted by Crippen LogP contribution is -2.45. The molecule has 1 fully saturated rings. The Morgan fingerprint density at radius 1 is 1.40 bits per heavy atom. The fourth-order valence-corrected chi connectivity index (χ4v) is 4.27. The van der Waals surface area contributed by atoms with Crippen LogP contribution in [0.1, 0.15) is 63.9 Å². The molecule has 0 amide bonds. The molecule has 0 radical (unpaired) electrons. The molecular weight excluding hydrogens is 268 g/mol. The molecule has 0 bridgehead atoms. The van der Waals surface area contributed by atoms with Crippen molar-refractivity contribution in [2.75, 3.05) is 11.4 Å². The standard InChI is InChI=1S/C16H28N2OS/c1-6-11(3)15-14(9-19)20-16(17-15)18-8-10(2)7-12(4)13(18)5/h10-13,19H,6-9H2,1-5H3. The van der Waals surface area contributed by atoms with E-state index in [0.717, 1.165) is 34.6 Å². The minimum atomic E-state index is 0.116. The molecule has 0 aliphatic carbocycles. The fourth-order valence-electron chi connectivity index (χ4n) is 3.13. The highest BCUT2D eigenvalue weighted by molar-refractivity contribution is 7.15. The zero-order valence-corrected chi connectivity index (χ0v) is 14.2. The molecule has 4 unspecified atom stereocenters. The maximum Gasteiger partial charge on any atom is 0.186 e. The van der Waals surface area contributed by atoms with Crippen molar-refractivity contribution in [1.82, 2.24) is 4.98 Å². The third kappa shape index (κ3) is 3.01. The van der Waals surface area contributed by atoms with Crippen LogP contribution in [-0.4, -0.2) is 22.7 Å². The van der Waals surface area contributed by atoms with E-state index in [9.17, 15) is 5.11 Å². The smallest absolute Gasteiger partial charge is 0.186 e. The molecule has 0 spiro atoms. The lowest BCUT2D eigenvalue weighted by Gasteiger charge is -2.41. The van der Waals surface area contributed by atoms with Crippen LogP contribution in [-0.2, 0) is 6.61 Å². The van der Waals surface area contributed by atoms with Gasteiger partial charge in [-0.2, -0.15) is 0 Å². The van der Waals surface area contributed by atoms with Crippen molar-refractivity contribution in [3.8, 4) is 0 Å². The van der Waals surface area contributed by atoms with Gasteiger partial charge in [-0.25, -0.2) is 4.98 Å². The molecule has 20 heavy (non-hydrogen) atoms. The highest BCUT2D eigenvalue weighted by Gasteiger charge is 2.31. The van der Waals surface area contributed by atoms with E-state index in [1.165, 1.54) is 6.42 Å². The van der Waals surface area contributed by atoms with E-state index >= 15 is 0 Å². The van der Waals surface area contributed by atoms with Gasteiger partial charge in [-0.05, 0) is 37.5 Å². The zero-order chi connectivity index (χ0) is 14.9. The van der Waals surface area contributed by atoms with Crippen molar-refractivity contribution < 1.29 is 5.11 Å². The molecular formula is C16H28N2OS. The fraction of sp³-hybridized carbons (Fsp3) is 0.812. The van der Waals surface area contributed by atoms with E-state index in [1.54, 1.807) is 11.3 Å². The molecule has 1 aliphatic rings. The molecule has 2 rings (SSSR count). The second kappa shape index (κ2) is 6.44. The predicted molar refractivity (Wildman–Crippen MR) is 86.5 cm³/mol. The van der Waals surface area contributed by atoms with Gasteiger partial charge in [0.05, 0.1) is 17.2 Å². The van der Waals surface area contributed by atoms with Crippen molar-refractivity contribution in [2.45, 2.75) is 66.0 Å². The Hall–Kier alpha value is -0.610. The maximum absolute atomic E-state index is 9.60. The van der Waals surface area contributed by atoms with Gasteiger partial charge in [0.2, 0.25) is 0 Å². The van der Waals surface area contributed by atoms with Gasteiger partial charge >= 0.3 is 0 Å². The molecule has 1 N–H and O–H groups in total. The molecule has 1 aromatic heterocycles. The van der Waals surface area contributed by atoms with E-state index in [1.807, 2.05) is 0 Å². The van der Waals surface area contributed by atoms with Crippen molar-refractivity contribution in [3.63, 3.8) is 0 Å². The number of aliphatic hydroxyl groups is 1. The molecule has 1 aromatic rings. The maximum atomic E-state index is 9.60. The first-order chi connectivity index (χ1) is 9.47. The summed E-state index contributed by atoms with van der Waals surface area (Å²) in [5, 5.41) is 10.7. The SMILES string of the molecule is CCC(C)c1nc(N2CC(C)CC(C)C2C)sc1CO. The van der Waals surface area contributed by atoms with Gasteiger partial charge in [0.15, 0.2) is 5.13 Å². The minimum absolute atomic E-state index is 0.116. The first-order valence-electron chi connectivity index (χ1n) is 7.84. The van der Waals surface area contributed by atoms with Crippen LogP contribution in [0.15, 0.2) is 0 Å². The highest BCUT2D eigenvalue weighted by Crippen LogP contribution is 2.37. The third-order valence-electron chi connectivity index (χ3n) is 4.78. The quantitative estimate of drug-likeness (QED) is 0.911. The highest BCUT2D eigenvalue weighted by atomic mass is 32.1. The molecule has 1 saturated heterocycles. The first-order valence-corrected chi connectivity index (χ1v) is 8.66. The van der Waals surface area contributed by atoms with E-state index in [2.05, 4.69) is 39.5 Å². The molecule has 0 saturated carbocycles. The minimum Gasteiger partial charge on any atom is -0.391 e. The Labute approximate surface area is 127 Å². The molecule has 0 aromatic carbocycles. The van der Waals surface area contributed by atoms with Crippen molar-refractivity contribution in [1.29, 1.82) is 0 Å². The monoisotopic (exact) mass is 296 g/mol. The lowest BCUT2D eigenvalue weighted by atomic mass is 9.86. The van der Waals surface area contributed by atoms with Gasteiger partial charge in [0.25, 0.3) is 0 Å². The number of aromatic nitrogens is 1. The zero-order valence-electron chi connectivity index (χ0n) is 13.4. The summed E-state index contributed by atoms with van der Waals surface area (Å²) in [5.74, 6) is 1.85. The Kier molecular flexibility index (Phi) is 5.08. The van der Waals surface area contributed by atoms with E-state index in [4.69, 9.17) is 4.98 Å². The average Bonchev–Trinajstić information content (AvgIpc) is 2.85. The second-order valence-electron chi connectivity index (χ2n) is 6.48. The number of aliphatic hydroxyl groups excluding tert-OH is 1. The summed E-state index contributed by atoms with van der Waals surface area (Å²) < 4.78 is 0. The summed E-state index contributed by atoms with van der Waals surface area (Å²) in [6, 6.07) is 0.536.